The second kappa shape index (κ2) is 4.26. The van der Waals surface area contributed by atoms with E-state index in [1.54, 1.807) is 0 Å². The SMILES string of the molecule is CC[C@H](N)C(=O)N1CCc2c(C)cccc21. The first-order valence-corrected chi connectivity index (χ1v) is 5.80. The Morgan fingerprint density at radius 3 is 3.00 bits per heavy atom. The Morgan fingerprint density at radius 1 is 1.56 bits per heavy atom. The lowest BCUT2D eigenvalue weighted by Crippen LogP contribution is -2.42. The Bertz CT molecular complexity index is 414. The van der Waals surface area contributed by atoms with E-state index in [2.05, 4.69) is 13.0 Å². The van der Waals surface area contributed by atoms with Gasteiger partial charge in [-0.15, -0.1) is 0 Å². The Kier molecular flexibility index (Phi) is 2.97. The molecular weight excluding hydrogens is 200 g/mol. The van der Waals surface area contributed by atoms with Crippen LogP contribution >= 0.6 is 0 Å². The average Bonchev–Trinajstić information content (AvgIpc) is 2.72. The molecule has 0 fully saturated rings. The smallest absolute Gasteiger partial charge is 0.243 e. The summed E-state index contributed by atoms with van der Waals surface area (Å²) in [6.45, 7) is 4.80. The van der Waals surface area contributed by atoms with Gasteiger partial charge in [-0.2, -0.15) is 0 Å². The topological polar surface area (TPSA) is 46.3 Å². The summed E-state index contributed by atoms with van der Waals surface area (Å²) < 4.78 is 0. The van der Waals surface area contributed by atoms with Crippen LogP contribution in [0.1, 0.15) is 24.5 Å². The molecule has 2 rings (SSSR count). The minimum Gasteiger partial charge on any atom is -0.320 e. The lowest BCUT2D eigenvalue weighted by atomic mass is 10.1. The van der Waals surface area contributed by atoms with Gasteiger partial charge < -0.3 is 10.6 Å². The van der Waals surface area contributed by atoms with Crippen LogP contribution in [0, 0.1) is 6.92 Å². The number of carbonyl (C=O) groups is 1. The minimum atomic E-state index is -0.369. The minimum absolute atomic E-state index is 0.0480. The number of fused-ring (bicyclic) bond motifs is 1. The van der Waals surface area contributed by atoms with Gasteiger partial charge in [-0.3, -0.25) is 4.79 Å². The number of carbonyl (C=O) groups excluding carboxylic acids is 1. The van der Waals surface area contributed by atoms with Crippen LogP contribution in [0.3, 0.4) is 0 Å². The summed E-state index contributed by atoms with van der Waals surface area (Å²) in [4.78, 5) is 13.9. The number of nitrogens with two attached hydrogens (primary N) is 1. The fraction of sp³-hybridized carbons (Fsp3) is 0.462. The van der Waals surface area contributed by atoms with E-state index >= 15 is 0 Å². The quantitative estimate of drug-likeness (QED) is 0.820. The maximum absolute atomic E-state index is 12.1. The maximum Gasteiger partial charge on any atom is 0.243 e. The number of anilines is 1. The van der Waals surface area contributed by atoms with Crippen LogP contribution < -0.4 is 10.6 Å². The molecule has 1 aliphatic rings. The van der Waals surface area contributed by atoms with Crippen LogP contribution in [-0.2, 0) is 11.2 Å². The maximum atomic E-state index is 12.1. The van der Waals surface area contributed by atoms with Gasteiger partial charge >= 0.3 is 0 Å². The third kappa shape index (κ3) is 1.71. The Morgan fingerprint density at radius 2 is 2.31 bits per heavy atom. The molecule has 0 unspecified atom stereocenters. The highest BCUT2D eigenvalue weighted by Crippen LogP contribution is 2.30. The predicted molar refractivity (Wildman–Crippen MR) is 65.5 cm³/mol. The lowest BCUT2D eigenvalue weighted by molar-refractivity contribution is -0.119. The average molecular weight is 218 g/mol. The fourth-order valence-electron chi connectivity index (χ4n) is 2.21. The zero-order valence-corrected chi connectivity index (χ0v) is 9.86. The van der Waals surface area contributed by atoms with Gasteiger partial charge in [0.05, 0.1) is 6.04 Å². The van der Waals surface area contributed by atoms with Gasteiger partial charge in [0, 0.05) is 12.2 Å². The molecule has 3 heteroatoms. The van der Waals surface area contributed by atoms with Gasteiger partial charge in [0.25, 0.3) is 0 Å². The normalized spacial score (nSPS) is 16.1. The van der Waals surface area contributed by atoms with Crippen LogP contribution in [-0.4, -0.2) is 18.5 Å². The zero-order valence-electron chi connectivity index (χ0n) is 9.86. The number of nitrogens with zero attached hydrogens (tertiary/aromatic N) is 1. The highest BCUT2D eigenvalue weighted by Gasteiger charge is 2.27. The van der Waals surface area contributed by atoms with Gasteiger partial charge in [-0.05, 0) is 37.0 Å². The molecule has 1 heterocycles. The molecule has 1 aliphatic heterocycles. The number of aryl methyl sites for hydroxylation is 1. The first-order valence-electron chi connectivity index (χ1n) is 5.80. The molecule has 86 valence electrons. The van der Waals surface area contributed by atoms with Crippen LogP contribution in [0.4, 0.5) is 5.69 Å². The van der Waals surface area contributed by atoms with E-state index in [4.69, 9.17) is 5.73 Å². The Balaban J connectivity index is 2.30. The number of benzene rings is 1. The van der Waals surface area contributed by atoms with E-state index in [1.807, 2.05) is 24.0 Å². The molecule has 0 radical (unpaired) electrons. The molecule has 1 amide bonds. The van der Waals surface area contributed by atoms with E-state index in [-0.39, 0.29) is 11.9 Å². The van der Waals surface area contributed by atoms with Gasteiger partial charge in [0.1, 0.15) is 0 Å². The van der Waals surface area contributed by atoms with Gasteiger partial charge in [-0.25, -0.2) is 0 Å². The summed E-state index contributed by atoms with van der Waals surface area (Å²) in [6, 6.07) is 5.73. The van der Waals surface area contributed by atoms with Crippen LogP contribution in [0.15, 0.2) is 18.2 Å². The predicted octanol–water partition coefficient (Wildman–Crippen LogP) is 1.62. The molecule has 0 spiro atoms. The van der Waals surface area contributed by atoms with Crippen molar-refractivity contribution in [1.29, 1.82) is 0 Å². The molecule has 1 aromatic carbocycles. The van der Waals surface area contributed by atoms with Crippen LogP contribution in [0.25, 0.3) is 0 Å². The number of hydrogen-bond acceptors (Lipinski definition) is 2. The van der Waals surface area contributed by atoms with Crippen molar-refractivity contribution >= 4 is 11.6 Å². The largest absolute Gasteiger partial charge is 0.320 e. The molecule has 1 atom stereocenters. The van der Waals surface area contributed by atoms with Crippen molar-refractivity contribution in [1.82, 2.24) is 0 Å². The Hall–Kier alpha value is -1.35. The highest BCUT2D eigenvalue weighted by molar-refractivity contribution is 5.99. The second-order valence-electron chi connectivity index (χ2n) is 4.33. The molecule has 0 saturated heterocycles. The third-order valence-corrected chi connectivity index (χ3v) is 3.28. The molecule has 0 bridgehead atoms. The summed E-state index contributed by atoms with van der Waals surface area (Å²) in [6.07, 6.45) is 1.64. The first-order chi connectivity index (χ1) is 7.65. The molecule has 2 N–H and O–H groups in total. The zero-order chi connectivity index (χ0) is 11.7. The van der Waals surface area contributed by atoms with E-state index in [1.165, 1.54) is 11.1 Å². The number of hydrogen-bond donors (Lipinski definition) is 1. The summed E-state index contributed by atoms with van der Waals surface area (Å²) in [7, 11) is 0. The lowest BCUT2D eigenvalue weighted by Gasteiger charge is -2.20. The second-order valence-corrected chi connectivity index (χ2v) is 4.33. The number of rotatable bonds is 2. The summed E-state index contributed by atoms with van der Waals surface area (Å²) in [5.74, 6) is 0.0480. The molecule has 1 aromatic rings. The van der Waals surface area contributed by atoms with Gasteiger partial charge in [0.15, 0.2) is 0 Å². The van der Waals surface area contributed by atoms with Gasteiger partial charge in [0.2, 0.25) is 5.91 Å². The highest BCUT2D eigenvalue weighted by atomic mass is 16.2. The van der Waals surface area contributed by atoms with Gasteiger partial charge in [-0.1, -0.05) is 19.1 Å². The van der Waals surface area contributed by atoms with Crippen molar-refractivity contribution in [2.24, 2.45) is 5.73 Å². The monoisotopic (exact) mass is 218 g/mol. The van der Waals surface area contributed by atoms with Crippen molar-refractivity contribution in [2.75, 3.05) is 11.4 Å². The van der Waals surface area contributed by atoms with Crippen molar-refractivity contribution < 1.29 is 4.79 Å². The van der Waals surface area contributed by atoms with Crippen LogP contribution in [0.5, 0.6) is 0 Å². The van der Waals surface area contributed by atoms with E-state index in [9.17, 15) is 4.79 Å². The molecule has 0 saturated carbocycles. The fourth-order valence-corrected chi connectivity index (χ4v) is 2.21. The number of amides is 1. The molecule has 3 nitrogen and oxygen atoms in total. The summed E-state index contributed by atoms with van der Waals surface area (Å²) in [5, 5.41) is 0. The molecule has 0 aliphatic carbocycles. The van der Waals surface area contributed by atoms with E-state index in [0.717, 1.165) is 18.7 Å². The van der Waals surface area contributed by atoms with Crippen molar-refractivity contribution in [3.8, 4) is 0 Å². The standard InChI is InChI=1S/C13H18N2O/c1-3-11(14)13(16)15-8-7-10-9(2)5-4-6-12(10)15/h4-6,11H,3,7-8,14H2,1-2H3/t11-/m0/s1. The third-order valence-electron chi connectivity index (χ3n) is 3.28. The van der Waals surface area contributed by atoms with Crippen LogP contribution in [0.2, 0.25) is 0 Å². The van der Waals surface area contributed by atoms with Crippen molar-refractivity contribution in [3.05, 3.63) is 29.3 Å². The van der Waals surface area contributed by atoms with Crippen molar-refractivity contribution in [3.63, 3.8) is 0 Å². The summed E-state index contributed by atoms with van der Waals surface area (Å²) in [5.41, 5.74) is 9.40. The molecule has 0 aromatic heterocycles. The molecule has 16 heavy (non-hydrogen) atoms. The van der Waals surface area contributed by atoms with E-state index < -0.39 is 0 Å². The first kappa shape index (κ1) is 11.1. The molecular formula is C13H18N2O. The van der Waals surface area contributed by atoms with E-state index in [0.29, 0.717) is 6.42 Å². The van der Waals surface area contributed by atoms with Crippen molar-refractivity contribution in [2.45, 2.75) is 32.7 Å². The Labute approximate surface area is 96.2 Å². The summed E-state index contributed by atoms with van der Waals surface area (Å²) >= 11 is 0.